The number of piperidine rings is 1. The van der Waals surface area contributed by atoms with Crippen molar-refractivity contribution in [3.63, 3.8) is 0 Å². The SMILES string of the molecule is CC1CCCN(c2nccc(C(=O)Nc3cccc4cccnc34)n2)C1. The Kier molecular flexibility index (Phi) is 4.48. The molecule has 26 heavy (non-hydrogen) atoms. The molecule has 1 aromatic carbocycles. The third-order valence-corrected chi connectivity index (χ3v) is 4.70. The Labute approximate surface area is 152 Å². The number of anilines is 2. The summed E-state index contributed by atoms with van der Waals surface area (Å²) in [6, 6.07) is 11.2. The van der Waals surface area contributed by atoms with Crippen LogP contribution in [0.25, 0.3) is 10.9 Å². The minimum Gasteiger partial charge on any atom is -0.341 e. The van der Waals surface area contributed by atoms with Crippen molar-refractivity contribution < 1.29 is 4.79 Å². The maximum atomic E-state index is 12.7. The number of nitrogens with zero attached hydrogens (tertiary/aromatic N) is 4. The molecule has 3 aromatic rings. The van der Waals surface area contributed by atoms with Crippen molar-refractivity contribution in [1.82, 2.24) is 15.0 Å². The number of rotatable bonds is 3. The van der Waals surface area contributed by atoms with Gasteiger partial charge in [-0.1, -0.05) is 25.1 Å². The first kappa shape index (κ1) is 16.4. The fourth-order valence-electron chi connectivity index (χ4n) is 3.39. The number of carbonyl (C=O) groups is 1. The molecule has 0 saturated carbocycles. The second kappa shape index (κ2) is 7.07. The molecular formula is C20H21N5O. The molecule has 0 bridgehead atoms. The zero-order valence-electron chi connectivity index (χ0n) is 14.7. The number of hydrogen-bond acceptors (Lipinski definition) is 5. The van der Waals surface area contributed by atoms with Crippen molar-refractivity contribution in [3.8, 4) is 0 Å². The third kappa shape index (κ3) is 3.35. The highest BCUT2D eigenvalue weighted by molar-refractivity contribution is 6.07. The van der Waals surface area contributed by atoms with Crippen LogP contribution in [0.4, 0.5) is 11.6 Å². The third-order valence-electron chi connectivity index (χ3n) is 4.70. The summed E-state index contributed by atoms with van der Waals surface area (Å²) in [5, 5.41) is 3.91. The Morgan fingerprint density at radius 3 is 2.92 bits per heavy atom. The molecule has 1 atom stereocenters. The van der Waals surface area contributed by atoms with Crippen LogP contribution in [-0.4, -0.2) is 33.9 Å². The summed E-state index contributed by atoms with van der Waals surface area (Å²) in [6.45, 7) is 4.09. The maximum Gasteiger partial charge on any atom is 0.274 e. The molecule has 4 rings (SSSR count). The van der Waals surface area contributed by atoms with Crippen molar-refractivity contribution in [2.24, 2.45) is 5.92 Å². The summed E-state index contributed by atoms with van der Waals surface area (Å²) in [7, 11) is 0. The number of benzene rings is 1. The number of carbonyl (C=O) groups excluding carboxylic acids is 1. The molecule has 0 spiro atoms. The summed E-state index contributed by atoms with van der Waals surface area (Å²) >= 11 is 0. The molecule has 132 valence electrons. The van der Waals surface area contributed by atoms with E-state index < -0.39 is 0 Å². The fraction of sp³-hybridized carbons (Fsp3) is 0.300. The van der Waals surface area contributed by atoms with Gasteiger partial charge >= 0.3 is 0 Å². The maximum absolute atomic E-state index is 12.7. The highest BCUT2D eigenvalue weighted by Crippen LogP contribution is 2.22. The van der Waals surface area contributed by atoms with Crippen LogP contribution in [0, 0.1) is 5.92 Å². The second-order valence-electron chi connectivity index (χ2n) is 6.77. The molecule has 0 radical (unpaired) electrons. The zero-order valence-corrected chi connectivity index (χ0v) is 14.7. The molecule has 6 heteroatoms. The average Bonchev–Trinajstić information content (AvgIpc) is 2.68. The standard InChI is InChI=1S/C20H21N5O/c1-14-5-4-12-25(13-14)20-22-11-9-17(24-20)19(26)23-16-8-2-6-15-7-3-10-21-18(15)16/h2-3,6-11,14H,4-5,12-13H2,1H3,(H,23,26). The molecule has 1 unspecified atom stereocenters. The first-order valence-electron chi connectivity index (χ1n) is 8.94. The number of aromatic nitrogens is 3. The van der Waals surface area contributed by atoms with Gasteiger partial charge in [0, 0.05) is 30.9 Å². The van der Waals surface area contributed by atoms with Crippen molar-refractivity contribution >= 4 is 28.4 Å². The molecule has 1 fully saturated rings. The van der Waals surface area contributed by atoms with Gasteiger partial charge in [0.25, 0.3) is 5.91 Å². The van der Waals surface area contributed by atoms with Crippen molar-refractivity contribution in [2.75, 3.05) is 23.3 Å². The predicted molar refractivity (Wildman–Crippen MR) is 102 cm³/mol. The Morgan fingerprint density at radius 1 is 1.15 bits per heavy atom. The minimum atomic E-state index is -0.253. The summed E-state index contributed by atoms with van der Waals surface area (Å²) in [4.78, 5) is 28.1. The van der Waals surface area contributed by atoms with Gasteiger partial charge in [0.05, 0.1) is 11.2 Å². The minimum absolute atomic E-state index is 0.253. The Bertz CT molecular complexity index is 937. The van der Waals surface area contributed by atoms with E-state index in [0.717, 1.165) is 30.4 Å². The van der Waals surface area contributed by atoms with E-state index in [0.29, 0.717) is 23.2 Å². The highest BCUT2D eigenvalue weighted by atomic mass is 16.1. The highest BCUT2D eigenvalue weighted by Gasteiger charge is 2.20. The molecule has 1 N–H and O–H groups in total. The lowest BCUT2D eigenvalue weighted by atomic mass is 10.0. The summed E-state index contributed by atoms with van der Waals surface area (Å²) in [6.07, 6.45) is 5.73. The van der Waals surface area contributed by atoms with Crippen LogP contribution in [-0.2, 0) is 0 Å². The van der Waals surface area contributed by atoms with Crippen LogP contribution in [0.15, 0.2) is 48.8 Å². The molecule has 1 aliphatic heterocycles. The first-order valence-corrected chi connectivity index (χ1v) is 8.94. The van der Waals surface area contributed by atoms with Gasteiger partial charge in [-0.15, -0.1) is 0 Å². The molecule has 1 saturated heterocycles. The van der Waals surface area contributed by atoms with Crippen LogP contribution in [0.2, 0.25) is 0 Å². The quantitative estimate of drug-likeness (QED) is 0.785. The van der Waals surface area contributed by atoms with Gasteiger partial charge in [-0.2, -0.15) is 0 Å². The van der Waals surface area contributed by atoms with Gasteiger partial charge in [-0.3, -0.25) is 9.78 Å². The molecule has 6 nitrogen and oxygen atoms in total. The molecule has 1 aliphatic rings. The largest absolute Gasteiger partial charge is 0.341 e. The van der Waals surface area contributed by atoms with E-state index in [4.69, 9.17) is 0 Å². The van der Waals surface area contributed by atoms with Crippen LogP contribution in [0.1, 0.15) is 30.3 Å². The summed E-state index contributed by atoms with van der Waals surface area (Å²) < 4.78 is 0. The van der Waals surface area contributed by atoms with E-state index in [1.54, 1.807) is 18.5 Å². The summed E-state index contributed by atoms with van der Waals surface area (Å²) in [5.74, 6) is 0.990. The number of nitrogens with one attached hydrogen (secondary N) is 1. The monoisotopic (exact) mass is 347 g/mol. The Morgan fingerprint density at radius 2 is 2.04 bits per heavy atom. The van der Waals surface area contributed by atoms with Gasteiger partial charge < -0.3 is 10.2 Å². The number of hydrogen-bond donors (Lipinski definition) is 1. The van der Waals surface area contributed by atoms with E-state index in [1.165, 1.54) is 6.42 Å². The van der Waals surface area contributed by atoms with Crippen LogP contribution in [0.3, 0.4) is 0 Å². The van der Waals surface area contributed by atoms with Crippen LogP contribution in [0.5, 0.6) is 0 Å². The van der Waals surface area contributed by atoms with E-state index in [1.807, 2.05) is 30.3 Å². The number of fused-ring (bicyclic) bond motifs is 1. The van der Waals surface area contributed by atoms with Gasteiger partial charge in [0.15, 0.2) is 0 Å². The summed E-state index contributed by atoms with van der Waals surface area (Å²) in [5.41, 5.74) is 1.81. The molecular weight excluding hydrogens is 326 g/mol. The second-order valence-corrected chi connectivity index (χ2v) is 6.77. The van der Waals surface area contributed by atoms with Gasteiger partial charge in [-0.05, 0) is 37.0 Å². The molecule has 3 heterocycles. The van der Waals surface area contributed by atoms with Crippen molar-refractivity contribution in [2.45, 2.75) is 19.8 Å². The van der Waals surface area contributed by atoms with Gasteiger partial charge in [0.2, 0.25) is 5.95 Å². The smallest absolute Gasteiger partial charge is 0.274 e. The Hall–Kier alpha value is -3.02. The van der Waals surface area contributed by atoms with E-state index in [-0.39, 0.29) is 5.91 Å². The van der Waals surface area contributed by atoms with E-state index >= 15 is 0 Å². The topological polar surface area (TPSA) is 71.0 Å². The van der Waals surface area contributed by atoms with Crippen molar-refractivity contribution in [3.05, 3.63) is 54.5 Å². The number of pyridine rings is 1. The van der Waals surface area contributed by atoms with Crippen LogP contribution < -0.4 is 10.2 Å². The lowest BCUT2D eigenvalue weighted by molar-refractivity contribution is 0.102. The van der Waals surface area contributed by atoms with E-state index in [9.17, 15) is 4.79 Å². The fourth-order valence-corrected chi connectivity index (χ4v) is 3.39. The van der Waals surface area contributed by atoms with Gasteiger partial charge in [0.1, 0.15) is 5.69 Å². The lowest BCUT2D eigenvalue weighted by Crippen LogP contribution is -2.35. The lowest BCUT2D eigenvalue weighted by Gasteiger charge is -2.30. The number of para-hydroxylation sites is 1. The predicted octanol–water partition coefficient (Wildman–Crippen LogP) is 3.51. The zero-order chi connectivity index (χ0) is 17.9. The molecule has 2 aromatic heterocycles. The average molecular weight is 347 g/mol. The van der Waals surface area contributed by atoms with Crippen molar-refractivity contribution in [1.29, 1.82) is 0 Å². The van der Waals surface area contributed by atoms with Gasteiger partial charge in [-0.25, -0.2) is 9.97 Å². The van der Waals surface area contributed by atoms with Crippen LogP contribution >= 0.6 is 0 Å². The first-order chi connectivity index (χ1) is 12.7. The Balaban J connectivity index is 1.57. The molecule has 0 aliphatic carbocycles. The molecule has 1 amide bonds. The normalized spacial score (nSPS) is 17.3. The van der Waals surface area contributed by atoms with E-state index in [2.05, 4.69) is 32.1 Å². The number of amides is 1.